The average Bonchev–Trinajstić information content (AvgIpc) is 2.83. The van der Waals surface area contributed by atoms with E-state index >= 15 is 0 Å². The zero-order valence-electron chi connectivity index (χ0n) is 12.7. The molecule has 0 saturated heterocycles. The van der Waals surface area contributed by atoms with E-state index in [1.807, 2.05) is 19.1 Å². The Balaban J connectivity index is 2.01. The van der Waals surface area contributed by atoms with E-state index in [0.717, 1.165) is 18.6 Å². The summed E-state index contributed by atoms with van der Waals surface area (Å²) in [6.45, 7) is 4.09. The number of aryl methyl sites for hydroxylation is 1. The summed E-state index contributed by atoms with van der Waals surface area (Å²) in [6.07, 6.45) is 10.5. The van der Waals surface area contributed by atoms with E-state index in [9.17, 15) is 4.79 Å². The minimum atomic E-state index is -0.0295. The molecule has 0 spiro atoms. The number of carbonyl (C=O) groups excluding carboxylic acids is 1. The number of nitrogens with one attached hydrogen (secondary N) is 1. The van der Waals surface area contributed by atoms with Gasteiger partial charge < -0.3 is 4.42 Å². The molecule has 1 amide bonds. The lowest BCUT2D eigenvalue weighted by Crippen LogP contribution is -2.16. The van der Waals surface area contributed by atoms with Crippen molar-refractivity contribution >= 4 is 12.1 Å². The summed E-state index contributed by atoms with van der Waals surface area (Å²) in [4.78, 5) is 11.5. The number of hydrogen-bond acceptors (Lipinski definition) is 3. The van der Waals surface area contributed by atoms with Gasteiger partial charge in [0, 0.05) is 6.42 Å². The monoisotopic (exact) mass is 278 g/mol. The van der Waals surface area contributed by atoms with Crippen molar-refractivity contribution in [1.82, 2.24) is 5.43 Å². The maximum atomic E-state index is 11.5. The molecule has 1 N–H and O–H groups in total. The number of unbranched alkanes of at least 4 members (excludes halogenated alkanes) is 6. The van der Waals surface area contributed by atoms with Gasteiger partial charge in [-0.05, 0) is 25.5 Å². The van der Waals surface area contributed by atoms with Gasteiger partial charge in [0.1, 0.15) is 11.5 Å². The van der Waals surface area contributed by atoms with Crippen LogP contribution in [0.5, 0.6) is 0 Å². The third kappa shape index (κ3) is 7.77. The lowest BCUT2D eigenvalue weighted by Gasteiger charge is -2.01. The molecule has 0 bridgehead atoms. The Morgan fingerprint density at radius 2 is 1.90 bits per heavy atom. The first-order valence-electron chi connectivity index (χ1n) is 7.60. The van der Waals surface area contributed by atoms with E-state index in [1.165, 1.54) is 38.3 Å². The van der Waals surface area contributed by atoms with Crippen LogP contribution < -0.4 is 5.43 Å². The Kier molecular flexibility index (Phi) is 8.43. The molecule has 0 aliphatic carbocycles. The minimum Gasteiger partial charge on any atom is -0.460 e. The van der Waals surface area contributed by atoms with Crippen molar-refractivity contribution in [3.8, 4) is 0 Å². The normalized spacial score (nSPS) is 11.1. The Hall–Kier alpha value is -1.58. The Morgan fingerprint density at radius 1 is 1.20 bits per heavy atom. The third-order valence-corrected chi connectivity index (χ3v) is 3.15. The number of nitrogens with zero attached hydrogens (tertiary/aromatic N) is 1. The van der Waals surface area contributed by atoms with Gasteiger partial charge in [0.2, 0.25) is 5.91 Å². The van der Waals surface area contributed by atoms with Crippen LogP contribution >= 0.6 is 0 Å². The van der Waals surface area contributed by atoms with Gasteiger partial charge >= 0.3 is 0 Å². The van der Waals surface area contributed by atoms with Crippen molar-refractivity contribution in [1.29, 1.82) is 0 Å². The number of amides is 1. The van der Waals surface area contributed by atoms with Crippen LogP contribution in [0, 0.1) is 6.92 Å². The summed E-state index contributed by atoms with van der Waals surface area (Å²) in [5.41, 5.74) is 2.52. The molecule has 0 aliphatic heterocycles. The maximum Gasteiger partial charge on any atom is 0.240 e. The quantitative estimate of drug-likeness (QED) is 0.396. The van der Waals surface area contributed by atoms with Crippen LogP contribution in [0.1, 0.15) is 69.8 Å². The van der Waals surface area contributed by atoms with E-state index in [1.54, 1.807) is 0 Å². The first kappa shape index (κ1) is 16.5. The van der Waals surface area contributed by atoms with Crippen molar-refractivity contribution in [3.63, 3.8) is 0 Å². The molecular weight excluding hydrogens is 252 g/mol. The first-order valence-corrected chi connectivity index (χ1v) is 7.60. The van der Waals surface area contributed by atoms with Crippen LogP contribution in [0.2, 0.25) is 0 Å². The van der Waals surface area contributed by atoms with Crippen LogP contribution in [-0.2, 0) is 4.79 Å². The predicted octanol–water partition coefficient (Wildman–Crippen LogP) is 4.18. The minimum absolute atomic E-state index is 0.0295. The fraction of sp³-hybridized carbons (Fsp3) is 0.625. The highest BCUT2D eigenvalue weighted by Gasteiger charge is 1.99. The molecule has 20 heavy (non-hydrogen) atoms. The molecular formula is C16H26N2O2. The van der Waals surface area contributed by atoms with E-state index < -0.39 is 0 Å². The summed E-state index contributed by atoms with van der Waals surface area (Å²) >= 11 is 0. The van der Waals surface area contributed by atoms with Crippen molar-refractivity contribution in [2.75, 3.05) is 0 Å². The van der Waals surface area contributed by atoms with Gasteiger partial charge in [0.25, 0.3) is 0 Å². The molecule has 1 aromatic rings. The largest absolute Gasteiger partial charge is 0.460 e. The summed E-state index contributed by atoms with van der Waals surface area (Å²) in [5.74, 6) is 1.46. The molecule has 1 aromatic heterocycles. The smallest absolute Gasteiger partial charge is 0.240 e. The van der Waals surface area contributed by atoms with E-state index in [0.29, 0.717) is 12.2 Å². The van der Waals surface area contributed by atoms with Crippen LogP contribution in [0.4, 0.5) is 0 Å². The lowest BCUT2D eigenvalue weighted by molar-refractivity contribution is -0.121. The summed E-state index contributed by atoms with van der Waals surface area (Å²) < 4.78 is 5.31. The van der Waals surface area contributed by atoms with E-state index in [2.05, 4.69) is 17.5 Å². The third-order valence-electron chi connectivity index (χ3n) is 3.15. The number of hydrogen-bond donors (Lipinski definition) is 1. The zero-order valence-corrected chi connectivity index (χ0v) is 12.7. The van der Waals surface area contributed by atoms with Crippen molar-refractivity contribution < 1.29 is 9.21 Å². The molecule has 1 heterocycles. The number of carbonyl (C=O) groups is 1. The highest BCUT2D eigenvalue weighted by molar-refractivity contribution is 5.80. The molecule has 0 saturated carbocycles. The fourth-order valence-electron chi connectivity index (χ4n) is 1.99. The first-order chi connectivity index (χ1) is 9.72. The van der Waals surface area contributed by atoms with Gasteiger partial charge in [0.15, 0.2) is 0 Å². The SMILES string of the molecule is CCCCCCCCCC(=O)N/N=C\c1ccc(C)o1. The highest BCUT2D eigenvalue weighted by Crippen LogP contribution is 2.08. The van der Waals surface area contributed by atoms with Gasteiger partial charge in [-0.1, -0.05) is 45.4 Å². The predicted molar refractivity (Wildman–Crippen MR) is 81.8 cm³/mol. The lowest BCUT2D eigenvalue weighted by atomic mass is 10.1. The van der Waals surface area contributed by atoms with Gasteiger partial charge in [0.05, 0.1) is 6.21 Å². The Bertz CT molecular complexity index is 410. The summed E-state index contributed by atoms with van der Waals surface area (Å²) in [6, 6.07) is 3.68. The fourth-order valence-corrected chi connectivity index (χ4v) is 1.99. The van der Waals surface area contributed by atoms with E-state index in [-0.39, 0.29) is 5.91 Å². The topological polar surface area (TPSA) is 54.6 Å². The highest BCUT2D eigenvalue weighted by atomic mass is 16.3. The maximum absolute atomic E-state index is 11.5. The Labute approximate surface area is 121 Å². The van der Waals surface area contributed by atoms with Crippen LogP contribution in [0.25, 0.3) is 0 Å². The number of rotatable bonds is 10. The molecule has 1 rings (SSSR count). The summed E-state index contributed by atoms with van der Waals surface area (Å²) in [7, 11) is 0. The molecule has 0 atom stereocenters. The standard InChI is InChI=1S/C16H26N2O2/c1-3-4-5-6-7-8-9-10-16(19)18-17-13-15-12-11-14(2)20-15/h11-13H,3-10H2,1-2H3,(H,18,19)/b17-13-. The zero-order chi connectivity index (χ0) is 14.6. The van der Waals surface area contributed by atoms with Gasteiger partial charge in [-0.15, -0.1) is 0 Å². The van der Waals surface area contributed by atoms with Crippen molar-refractivity contribution in [3.05, 3.63) is 23.7 Å². The van der Waals surface area contributed by atoms with Gasteiger partial charge in [-0.25, -0.2) is 5.43 Å². The van der Waals surface area contributed by atoms with Gasteiger partial charge in [-0.3, -0.25) is 4.79 Å². The Morgan fingerprint density at radius 3 is 2.55 bits per heavy atom. The number of hydrazone groups is 1. The van der Waals surface area contributed by atoms with E-state index in [4.69, 9.17) is 4.42 Å². The molecule has 4 nitrogen and oxygen atoms in total. The van der Waals surface area contributed by atoms with Crippen LogP contribution in [-0.4, -0.2) is 12.1 Å². The molecule has 0 radical (unpaired) electrons. The van der Waals surface area contributed by atoms with Gasteiger partial charge in [-0.2, -0.15) is 5.10 Å². The molecule has 0 aromatic carbocycles. The second-order valence-electron chi connectivity index (χ2n) is 5.11. The second kappa shape index (κ2) is 10.2. The molecule has 0 unspecified atom stereocenters. The molecule has 0 fully saturated rings. The summed E-state index contributed by atoms with van der Waals surface area (Å²) in [5, 5.41) is 3.88. The van der Waals surface area contributed by atoms with Crippen molar-refractivity contribution in [2.45, 2.75) is 65.2 Å². The van der Waals surface area contributed by atoms with Crippen LogP contribution in [0.15, 0.2) is 21.7 Å². The van der Waals surface area contributed by atoms with Crippen LogP contribution in [0.3, 0.4) is 0 Å². The average molecular weight is 278 g/mol. The molecule has 4 heteroatoms. The molecule has 0 aliphatic rings. The molecule has 112 valence electrons. The van der Waals surface area contributed by atoms with Crippen molar-refractivity contribution in [2.24, 2.45) is 5.10 Å². The second-order valence-corrected chi connectivity index (χ2v) is 5.11. The number of furan rings is 1.